The number of hydrogen-bond donors (Lipinski definition) is 0. The van der Waals surface area contributed by atoms with Crippen LogP contribution < -0.4 is 0 Å². The van der Waals surface area contributed by atoms with Gasteiger partial charge in [-0.3, -0.25) is 9.59 Å². The summed E-state index contributed by atoms with van der Waals surface area (Å²) in [6, 6.07) is 59.2. The number of carbonyl (C=O) groups excluding carboxylic acids is 2. The van der Waals surface area contributed by atoms with Crippen molar-refractivity contribution < 1.29 is 57.0 Å². The molecule has 2 heterocycles. The molecule has 0 amide bonds. The monoisotopic (exact) mass is 982 g/mol. The van der Waals surface area contributed by atoms with E-state index in [4.69, 9.17) is 47.4 Å². The summed E-state index contributed by atoms with van der Waals surface area (Å²) in [5.74, 6) is -0.941. The highest BCUT2D eigenvalue weighted by Gasteiger charge is 2.54. The van der Waals surface area contributed by atoms with Gasteiger partial charge < -0.3 is 47.4 Å². The molecule has 6 aromatic carbocycles. The normalized spacial score (nSPS) is 24.2. The van der Waals surface area contributed by atoms with Crippen LogP contribution in [0.4, 0.5) is 0 Å². The lowest BCUT2D eigenvalue weighted by molar-refractivity contribution is -0.260. The van der Waals surface area contributed by atoms with Crippen molar-refractivity contribution in [2.24, 2.45) is 0 Å². The van der Waals surface area contributed by atoms with E-state index in [1.165, 1.54) is 25.6 Å². The summed E-state index contributed by atoms with van der Waals surface area (Å²) in [6.45, 7) is 3.80. The van der Waals surface area contributed by atoms with Gasteiger partial charge in [-0.25, -0.2) is 0 Å². The second kappa shape index (κ2) is 27.2. The molecule has 372 valence electrons. The highest BCUT2D eigenvalue weighted by atomic mass is 32.2. The molecule has 12 nitrogen and oxygen atoms in total. The summed E-state index contributed by atoms with van der Waals surface area (Å²) in [7, 11) is 0. The summed E-state index contributed by atoms with van der Waals surface area (Å²) >= 11 is 1.34. The largest absolute Gasteiger partial charge is 0.463 e. The average molecular weight is 983 g/mol. The molecule has 0 N–H and O–H groups in total. The molecule has 2 fully saturated rings. The lowest BCUT2D eigenvalue weighted by Crippen LogP contribution is -2.63. The van der Waals surface area contributed by atoms with E-state index in [0.29, 0.717) is 0 Å². The number of esters is 2. The third-order valence-corrected chi connectivity index (χ3v) is 13.4. The molecule has 0 aliphatic carbocycles. The zero-order chi connectivity index (χ0) is 49.0. The van der Waals surface area contributed by atoms with Gasteiger partial charge in [0.2, 0.25) is 0 Å². The Morgan fingerprint density at radius 2 is 0.577 bits per heavy atom. The smallest absolute Gasteiger partial charge is 0.302 e. The first-order valence-electron chi connectivity index (χ1n) is 24.0. The van der Waals surface area contributed by atoms with Gasteiger partial charge in [0.25, 0.3) is 0 Å². The molecule has 6 unspecified atom stereocenters. The molecule has 0 radical (unpaired) electrons. The van der Waals surface area contributed by atoms with Crippen molar-refractivity contribution in [3.05, 3.63) is 215 Å². The minimum Gasteiger partial charge on any atom is -0.463 e. The van der Waals surface area contributed by atoms with Crippen LogP contribution >= 0.6 is 11.8 Å². The lowest BCUT2D eigenvalue weighted by atomic mass is 9.98. The summed E-state index contributed by atoms with van der Waals surface area (Å²) < 4.78 is 67.4. The summed E-state index contributed by atoms with van der Waals surface area (Å²) in [5.41, 5.74) is 3.95. The molecule has 71 heavy (non-hydrogen) atoms. The Labute approximate surface area is 420 Å². The third kappa shape index (κ3) is 15.6. The first-order valence-corrected chi connectivity index (χ1v) is 25.0. The lowest BCUT2D eigenvalue weighted by Gasteiger charge is -2.49. The van der Waals surface area contributed by atoms with Crippen molar-refractivity contribution in [2.45, 2.75) is 113 Å². The number of carbonyl (C=O) groups is 2. The van der Waals surface area contributed by atoms with Crippen LogP contribution in [0.5, 0.6) is 0 Å². The number of thioether (sulfide) groups is 1. The number of benzene rings is 6. The summed E-state index contributed by atoms with van der Waals surface area (Å²) in [6.07, 6.45) is -6.36. The van der Waals surface area contributed by atoms with Gasteiger partial charge in [0, 0.05) is 13.8 Å². The Hall–Kier alpha value is -5.71. The molecular formula is C58H62O12S. The quantitative estimate of drug-likeness (QED) is 0.0535. The summed E-state index contributed by atoms with van der Waals surface area (Å²) in [4.78, 5) is 25.1. The van der Waals surface area contributed by atoms with Gasteiger partial charge in [-0.15, -0.1) is 0 Å². The first kappa shape index (κ1) is 51.6. The standard InChI is InChI=1S/C58H62O12S/c1-41(59)61-39-49-51(63-33-43-21-9-3-10-22-43)53(65-35-45-25-13-5-14-26-45)55(67-37-47-29-17-7-18-30-47)57(69-49)71-58-56(68-38-48-31-19-8-20-32-48)54(66-36-46-27-15-6-16-28-46)52(50(70-58)40-62-42(2)60)64-34-44-23-11-4-12-24-44/h3-32,49-58H,33-40H2,1-2H3/t49?,50?,51-,52-,53?,54?,55?,56?,57-,58-/m1/s1. The van der Waals surface area contributed by atoms with E-state index in [0.717, 1.165) is 33.4 Å². The molecular weight excluding hydrogens is 921 g/mol. The second-order valence-corrected chi connectivity index (χ2v) is 18.6. The van der Waals surface area contributed by atoms with Crippen molar-refractivity contribution in [3.63, 3.8) is 0 Å². The fourth-order valence-electron chi connectivity index (χ4n) is 8.51. The molecule has 6 aromatic rings. The van der Waals surface area contributed by atoms with Gasteiger partial charge in [-0.05, 0) is 33.4 Å². The van der Waals surface area contributed by atoms with E-state index >= 15 is 0 Å². The molecule has 13 heteroatoms. The number of hydrogen-bond acceptors (Lipinski definition) is 13. The van der Waals surface area contributed by atoms with Crippen LogP contribution in [-0.4, -0.2) is 84.9 Å². The van der Waals surface area contributed by atoms with Crippen molar-refractivity contribution in [1.82, 2.24) is 0 Å². The second-order valence-electron chi connectivity index (χ2n) is 17.4. The maximum atomic E-state index is 12.6. The van der Waals surface area contributed by atoms with Crippen LogP contribution in [0.3, 0.4) is 0 Å². The number of rotatable bonds is 24. The molecule has 0 saturated carbocycles. The van der Waals surface area contributed by atoms with Crippen LogP contribution in [0.1, 0.15) is 47.2 Å². The minimum atomic E-state index is -0.851. The topological polar surface area (TPSA) is 126 Å². The van der Waals surface area contributed by atoms with E-state index in [1.807, 2.05) is 182 Å². The highest BCUT2D eigenvalue weighted by Crippen LogP contribution is 2.42. The maximum Gasteiger partial charge on any atom is 0.302 e. The summed E-state index contributed by atoms with van der Waals surface area (Å²) in [5, 5.41) is 0. The van der Waals surface area contributed by atoms with Gasteiger partial charge in [-0.2, -0.15) is 0 Å². The zero-order valence-electron chi connectivity index (χ0n) is 40.1. The molecule has 0 aromatic heterocycles. The van der Waals surface area contributed by atoms with Gasteiger partial charge >= 0.3 is 11.9 Å². The van der Waals surface area contributed by atoms with Gasteiger partial charge in [0.15, 0.2) is 0 Å². The van der Waals surface area contributed by atoms with Crippen LogP contribution in [0.15, 0.2) is 182 Å². The number of ether oxygens (including phenoxy) is 10. The third-order valence-electron chi connectivity index (χ3n) is 12.1. The fourth-order valence-corrected chi connectivity index (χ4v) is 9.96. The molecule has 2 aliphatic heterocycles. The van der Waals surface area contributed by atoms with E-state index in [2.05, 4.69) is 0 Å². The van der Waals surface area contributed by atoms with Gasteiger partial charge in [0.1, 0.15) is 72.9 Å². The van der Waals surface area contributed by atoms with E-state index in [1.54, 1.807) is 0 Å². The van der Waals surface area contributed by atoms with E-state index in [9.17, 15) is 9.59 Å². The Bertz CT molecular complexity index is 2280. The van der Waals surface area contributed by atoms with E-state index < -0.39 is 71.6 Å². The molecule has 2 saturated heterocycles. The highest BCUT2D eigenvalue weighted by molar-refractivity contribution is 8.00. The van der Waals surface area contributed by atoms with Gasteiger partial charge in [-0.1, -0.05) is 194 Å². The predicted octanol–water partition coefficient (Wildman–Crippen LogP) is 9.81. The first-order chi connectivity index (χ1) is 34.9. The maximum absolute atomic E-state index is 12.6. The van der Waals surface area contributed by atoms with Gasteiger partial charge in [0.05, 0.1) is 39.6 Å². The van der Waals surface area contributed by atoms with Crippen LogP contribution in [0, 0.1) is 0 Å². The zero-order valence-corrected chi connectivity index (χ0v) is 40.9. The van der Waals surface area contributed by atoms with E-state index in [-0.39, 0.29) is 52.9 Å². The molecule has 10 atom stereocenters. The molecule has 2 aliphatic rings. The molecule has 0 bridgehead atoms. The minimum absolute atomic E-state index is 0.130. The SMILES string of the molecule is CC(=O)OCC1O[C@H](S[C@H]2OC(COC(C)=O)[C@@H](OCc3ccccc3)C(OCc3ccccc3)C2OCc2ccccc2)C(OCc2ccccc2)C(OCc2ccccc2)[C@@H]1OCc1ccccc1. The van der Waals surface area contributed by atoms with Crippen LogP contribution in [0.2, 0.25) is 0 Å². The van der Waals surface area contributed by atoms with Crippen LogP contribution in [-0.2, 0) is 96.6 Å². The van der Waals surface area contributed by atoms with Crippen molar-refractivity contribution in [3.8, 4) is 0 Å². The van der Waals surface area contributed by atoms with Crippen LogP contribution in [0.25, 0.3) is 0 Å². The van der Waals surface area contributed by atoms with Crippen molar-refractivity contribution >= 4 is 23.7 Å². The predicted molar refractivity (Wildman–Crippen MR) is 268 cm³/mol. The Morgan fingerprint density at radius 3 is 0.817 bits per heavy atom. The Balaban J connectivity index is 1.20. The Morgan fingerprint density at radius 1 is 0.352 bits per heavy atom. The average Bonchev–Trinajstić information content (AvgIpc) is 3.40. The van der Waals surface area contributed by atoms with Crippen molar-refractivity contribution in [2.75, 3.05) is 13.2 Å². The molecule has 0 spiro atoms. The fraction of sp³-hybridized carbons (Fsp3) is 0.345. The molecule has 8 rings (SSSR count). The van der Waals surface area contributed by atoms with Crippen molar-refractivity contribution in [1.29, 1.82) is 0 Å². The Kier molecular flexibility index (Phi) is 19.8.